The van der Waals surface area contributed by atoms with Crippen molar-refractivity contribution in [3.63, 3.8) is 0 Å². The number of carbonyl (C=O) groups is 2. The van der Waals surface area contributed by atoms with Crippen LogP contribution in [0, 0.1) is 17.8 Å². The van der Waals surface area contributed by atoms with Crippen LogP contribution in [0.4, 0.5) is 0 Å². The first-order valence-corrected chi connectivity index (χ1v) is 10.3. The number of hydrogen-bond donors (Lipinski definition) is 1. The summed E-state index contributed by atoms with van der Waals surface area (Å²) in [6, 6.07) is 0. The Hall–Kier alpha value is -1.10. The number of amides is 2. The molecule has 5 nitrogen and oxygen atoms in total. The normalized spacial score (nSPS) is 38.8. The summed E-state index contributed by atoms with van der Waals surface area (Å²) in [5.41, 5.74) is -0.00226. The highest BCUT2D eigenvalue weighted by atomic mass is 16.5. The lowest BCUT2D eigenvalue weighted by molar-refractivity contribution is -0.139. The van der Waals surface area contributed by atoms with E-state index in [0.29, 0.717) is 13.1 Å². The summed E-state index contributed by atoms with van der Waals surface area (Å²) in [4.78, 5) is 27.0. The Labute approximate surface area is 150 Å². The molecule has 1 N–H and O–H groups in total. The minimum atomic E-state index is -0.0715. The molecule has 0 unspecified atom stereocenters. The Morgan fingerprint density at radius 3 is 2.28 bits per heavy atom. The molecular weight excluding hydrogens is 316 g/mol. The van der Waals surface area contributed by atoms with Gasteiger partial charge in [-0.05, 0) is 76.0 Å². The van der Waals surface area contributed by atoms with E-state index in [1.807, 2.05) is 6.92 Å². The summed E-state index contributed by atoms with van der Waals surface area (Å²) in [5.74, 6) is 2.27. The zero-order chi connectivity index (χ0) is 17.4. The number of hydrogen-bond acceptors (Lipinski definition) is 3. The molecule has 25 heavy (non-hydrogen) atoms. The van der Waals surface area contributed by atoms with Crippen LogP contribution in [0.25, 0.3) is 0 Å². The third-order valence-corrected chi connectivity index (χ3v) is 6.94. The summed E-state index contributed by atoms with van der Waals surface area (Å²) in [6.07, 6.45) is 9.70. The molecule has 0 radical (unpaired) electrons. The Morgan fingerprint density at radius 1 is 1.12 bits per heavy atom. The van der Waals surface area contributed by atoms with Gasteiger partial charge in [-0.1, -0.05) is 0 Å². The monoisotopic (exact) mass is 348 g/mol. The fourth-order valence-corrected chi connectivity index (χ4v) is 6.29. The molecule has 5 rings (SSSR count). The summed E-state index contributed by atoms with van der Waals surface area (Å²) >= 11 is 0. The van der Waals surface area contributed by atoms with Crippen molar-refractivity contribution in [3.05, 3.63) is 0 Å². The van der Waals surface area contributed by atoms with Crippen molar-refractivity contribution in [3.8, 4) is 0 Å². The molecule has 0 spiro atoms. The number of nitrogens with zero attached hydrogens (tertiary/aromatic N) is 1. The number of ether oxygens (including phenoxy) is 1. The van der Waals surface area contributed by atoms with Gasteiger partial charge in [-0.25, -0.2) is 0 Å². The van der Waals surface area contributed by atoms with Crippen LogP contribution in [-0.2, 0) is 14.3 Å². The van der Waals surface area contributed by atoms with Crippen molar-refractivity contribution < 1.29 is 14.3 Å². The largest absolute Gasteiger partial charge is 0.376 e. The van der Waals surface area contributed by atoms with Crippen LogP contribution in [0.3, 0.4) is 0 Å². The second kappa shape index (κ2) is 6.90. The highest BCUT2D eigenvalue weighted by molar-refractivity contribution is 5.97. The van der Waals surface area contributed by atoms with E-state index in [4.69, 9.17) is 4.74 Å². The average molecular weight is 348 g/mol. The maximum Gasteiger partial charge on any atom is 0.232 e. The maximum absolute atomic E-state index is 12.6. The average Bonchev–Trinajstić information content (AvgIpc) is 3.03. The Morgan fingerprint density at radius 2 is 1.76 bits per heavy atom. The second-order valence-electron chi connectivity index (χ2n) is 8.99. The van der Waals surface area contributed by atoms with E-state index in [1.54, 1.807) is 4.90 Å². The maximum atomic E-state index is 12.6. The van der Waals surface area contributed by atoms with Gasteiger partial charge in [0, 0.05) is 25.2 Å². The van der Waals surface area contributed by atoms with Crippen molar-refractivity contribution in [2.24, 2.45) is 17.8 Å². The van der Waals surface area contributed by atoms with Gasteiger partial charge in [-0.3, -0.25) is 9.59 Å². The second-order valence-corrected chi connectivity index (χ2v) is 8.99. The van der Waals surface area contributed by atoms with Gasteiger partial charge in [0.05, 0.1) is 6.10 Å². The van der Waals surface area contributed by atoms with Crippen molar-refractivity contribution in [2.45, 2.75) is 76.4 Å². The Balaban J connectivity index is 1.31. The lowest BCUT2D eigenvalue weighted by Gasteiger charge is -2.56. The quantitative estimate of drug-likeness (QED) is 0.750. The SMILES string of the molecule is CCN(C[C@@H]1CCCO1)C(=O)CC(=O)NC12CC3CC(CC(C3)C1)C2. The molecule has 1 atom stereocenters. The Bertz CT molecular complexity index is 492. The molecule has 4 aliphatic carbocycles. The molecule has 0 aromatic rings. The van der Waals surface area contributed by atoms with E-state index in [-0.39, 0.29) is 29.9 Å². The van der Waals surface area contributed by atoms with E-state index in [2.05, 4.69) is 5.32 Å². The highest BCUT2D eigenvalue weighted by Crippen LogP contribution is 2.55. The van der Waals surface area contributed by atoms with Crippen LogP contribution in [-0.4, -0.2) is 48.1 Å². The summed E-state index contributed by atoms with van der Waals surface area (Å²) in [5, 5.41) is 3.31. The first-order valence-electron chi connectivity index (χ1n) is 10.3. The van der Waals surface area contributed by atoms with Gasteiger partial charge in [-0.15, -0.1) is 0 Å². The molecule has 2 amide bonds. The lowest BCUT2D eigenvalue weighted by Crippen LogP contribution is -2.60. The van der Waals surface area contributed by atoms with Crippen LogP contribution < -0.4 is 5.32 Å². The van der Waals surface area contributed by atoms with Crippen LogP contribution in [0.1, 0.15) is 64.7 Å². The number of nitrogens with one attached hydrogen (secondary N) is 1. The van der Waals surface area contributed by atoms with Crippen molar-refractivity contribution in [1.82, 2.24) is 10.2 Å². The number of rotatable bonds is 6. The number of carbonyl (C=O) groups excluding carboxylic acids is 2. The fraction of sp³-hybridized carbons (Fsp3) is 0.900. The molecule has 4 bridgehead atoms. The van der Waals surface area contributed by atoms with Gasteiger partial charge >= 0.3 is 0 Å². The molecule has 0 aromatic carbocycles. The van der Waals surface area contributed by atoms with E-state index < -0.39 is 0 Å². The van der Waals surface area contributed by atoms with Gasteiger partial charge in [0.25, 0.3) is 0 Å². The fourth-order valence-electron chi connectivity index (χ4n) is 6.29. The van der Waals surface area contributed by atoms with Crippen molar-refractivity contribution in [1.29, 1.82) is 0 Å². The van der Waals surface area contributed by atoms with Crippen LogP contribution in [0.5, 0.6) is 0 Å². The molecule has 0 aromatic heterocycles. The molecule has 1 saturated heterocycles. The minimum absolute atomic E-state index is 0.00226. The van der Waals surface area contributed by atoms with Crippen molar-refractivity contribution >= 4 is 11.8 Å². The summed E-state index contributed by atoms with van der Waals surface area (Å²) in [6.45, 7) is 4.04. The molecule has 140 valence electrons. The minimum Gasteiger partial charge on any atom is -0.376 e. The van der Waals surface area contributed by atoms with Crippen LogP contribution in [0.15, 0.2) is 0 Å². The summed E-state index contributed by atoms with van der Waals surface area (Å²) < 4.78 is 5.64. The molecule has 5 heteroatoms. The van der Waals surface area contributed by atoms with E-state index >= 15 is 0 Å². The zero-order valence-corrected chi connectivity index (χ0v) is 15.5. The van der Waals surface area contributed by atoms with E-state index in [9.17, 15) is 9.59 Å². The molecular formula is C20H32N2O3. The smallest absolute Gasteiger partial charge is 0.232 e. The zero-order valence-electron chi connectivity index (χ0n) is 15.5. The predicted molar refractivity (Wildman–Crippen MR) is 94.9 cm³/mol. The van der Waals surface area contributed by atoms with Crippen LogP contribution in [0.2, 0.25) is 0 Å². The standard InChI is InChI=1S/C20H32N2O3/c1-2-22(13-17-4-3-5-25-17)19(24)9-18(23)21-20-10-14-6-15(11-20)8-16(7-14)12-20/h14-17H,2-13H2,1H3,(H,21,23)/t14?,15?,16?,17-,20?/m0/s1. The molecule has 1 heterocycles. The molecule has 5 fully saturated rings. The first kappa shape index (κ1) is 17.3. The van der Waals surface area contributed by atoms with Gasteiger partial charge in [0.2, 0.25) is 11.8 Å². The van der Waals surface area contributed by atoms with E-state index in [1.165, 1.54) is 19.3 Å². The van der Waals surface area contributed by atoms with Gasteiger partial charge in [-0.2, -0.15) is 0 Å². The Kier molecular flexibility index (Phi) is 4.78. The van der Waals surface area contributed by atoms with Gasteiger partial charge in [0.15, 0.2) is 0 Å². The van der Waals surface area contributed by atoms with Crippen LogP contribution >= 0.6 is 0 Å². The van der Waals surface area contributed by atoms with Gasteiger partial charge < -0.3 is 15.0 Å². The molecule has 1 aliphatic heterocycles. The lowest BCUT2D eigenvalue weighted by atomic mass is 9.53. The topological polar surface area (TPSA) is 58.6 Å². The van der Waals surface area contributed by atoms with Gasteiger partial charge in [0.1, 0.15) is 6.42 Å². The third-order valence-electron chi connectivity index (χ3n) is 6.94. The van der Waals surface area contributed by atoms with Crippen molar-refractivity contribution in [2.75, 3.05) is 19.7 Å². The third kappa shape index (κ3) is 3.71. The summed E-state index contributed by atoms with van der Waals surface area (Å²) in [7, 11) is 0. The number of likely N-dealkylation sites (N-methyl/N-ethyl adjacent to an activating group) is 1. The molecule has 5 aliphatic rings. The first-order chi connectivity index (χ1) is 12.0. The van der Waals surface area contributed by atoms with E-state index in [0.717, 1.165) is 56.5 Å². The highest BCUT2D eigenvalue weighted by Gasteiger charge is 2.51. The molecule has 4 saturated carbocycles. The predicted octanol–water partition coefficient (Wildman–Crippen LogP) is 2.49.